The van der Waals surface area contributed by atoms with Crippen LogP contribution < -0.4 is 5.32 Å². The van der Waals surface area contributed by atoms with Gasteiger partial charge < -0.3 is 10.2 Å². The molecule has 0 aliphatic rings. The molecule has 1 unspecified atom stereocenters. The number of aryl methyl sites for hydroxylation is 1. The second-order valence-electron chi connectivity index (χ2n) is 6.43. The summed E-state index contributed by atoms with van der Waals surface area (Å²) in [7, 11) is 0. The second-order valence-corrected chi connectivity index (χ2v) is 6.43. The highest BCUT2D eigenvalue weighted by Gasteiger charge is 2.27. The third-order valence-corrected chi connectivity index (χ3v) is 3.81. The van der Waals surface area contributed by atoms with Gasteiger partial charge in [-0.05, 0) is 24.8 Å². The molecule has 0 bridgehead atoms. The number of nitrogens with zero attached hydrogens (tertiary/aromatic N) is 1. The van der Waals surface area contributed by atoms with Gasteiger partial charge in [-0.15, -0.1) is 0 Å². The summed E-state index contributed by atoms with van der Waals surface area (Å²) in [6.07, 6.45) is 1.02. The Kier molecular flexibility index (Phi) is 7.79. The Balaban J connectivity index is 2.93. The molecular formula is C19H30N2O2. The third-order valence-electron chi connectivity index (χ3n) is 3.81. The zero-order valence-corrected chi connectivity index (χ0v) is 15.1. The Hall–Kier alpha value is -1.84. The van der Waals surface area contributed by atoms with Gasteiger partial charge in [-0.25, -0.2) is 0 Å². The van der Waals surface area contributed by atoms with Crippen LogP contribution in [0.4, 0.5) is 0 Å². The van der Waals surface area contributed by atoms with E-state index in [4.69, 9.17) is 0 Å². The number of rotatable bonds is 8. The highest BCUT2D eigenvalue weighted by Crippen LogP contribution is 2.14. The highest BCUT2D eigenvalue weighted by molar-refractivity contribution is 5.87. The van der Waals surface area contributed by atoms with Crippen molar-refractivity contribution in [1.82, 2.24) is 10.2 Å². The van der Waals surface area contributed by atoms with Gasteiger partial charge in [-0.2, -0.15) is 0 Å². The Labute approximate surface area is 140 Å². The van der Waals surface area contributed by atoms with E-state index in [1.807, 2.05) is 39.0 Å². The molecule has 0 fully saturated rings. The zero-order chi connectivity index (χ0) is 17.4. The molecule has 0 saturated carbocycles. The van der Waals surface area contributed by atoms with Crippen LogP contribution in [0.25, 0.3) is 0 Å². The summed E-state index contributed by atoms with van der Waals surface area (Å²) < 4.78 is 0. The molecule has 0 radical (unpaired) electrons. The van der Waals surface area contributed by atoms with E-state index in [2.05, 4.69) is 25.2 Å². The van der Waals surface area contributed by atoms with Crippen LogP contribution in [0.15, 0.2) is 24.3 Å². The molecule has 4 heteroatoms. The van der Waals surface area contributed by atoms with E-state index in [1.54, 1.807) is 4.90 Å². The molecule has 23 heavy (non-hydrogen) atoms. The van der Waals surface area contributed by atoms with Crippen molar-refractivity contribution in [3.05, 3.63) is 35.4 Å². The lowest BCUT2D eigenvalue weighted by Gasteiger charge is -2.30. The number of carbonyl (C=O) groups is 2. The van der Waals surface area contributed by atoms with Crippen molar-refractivity contribution in [3.63, 3.8) is 0 Å². The first-order valence-electron chi connectivity index (χ1n) is 8.51. The number of amides is 2. The zero-order valence-electron chi connectivity index (χ0n) is 15.1. The summed E-state index contributed by atoms with van der Waals surface area (Å²) in [5.74, 6) is 0.345. The number of hydrogen-bond donors (Lipinski definition) is 1. The van der Waals surface area contributed by atoms with E-state index in [1.165, 1.54) is 0 Å². The fourth-order valence-electron chi connectivity index (χ4n) is 2.55. The smallest absolute Gasteiger partial charge is 0.242 e. The molecular weight excluding hydrogens is 288 g/mol. The van der Waals surface area contributed by atoms with Crippen LogP contribution in [0.2, 0.25) is 0 Å². The molecule has 0 aliphatic heterocycles. The summed E-state index contributed by atoms with van der Waals surface area (Å²) in [5.41, 5.74) is 2.21. The van der Waals surface area contributed by atoms with Gasteiger partial charge in [-0.3, -0.25) is 9.59 Å². The molecule has 1 N–H and O–H groups in total. The van der Waals surface area contributed by atoms with Crippen molar-refractivity contribution in [3.8, 4) is 0 Å². The van der Waals surface area contributed by atoms with E-state index >= 15 is 0 Å². The first kappa shape index (κ1) is 19.2. The van der Waals surface area contributed by atoms with Crippen LogP contribution >= 0.6 is 0 Å². The number of nitrogens with one attached hydrogen (secondary N) is 1. The predicted molar refractivity (Wildman–Crippen MR) is 93.9 cm³/mol. The van der Waals surface area contributed by atoms with E-state index in [-0.39, 0.29) is 11.8 Å². The van der Waals surface area contributed by atoms with Crippen LogP contribution in [0, 0.1) is 12.8 Å². The van der Waals surface area contributed by atoms with Gasteiger partial charge in [0.2, 0.25) is 11.8 Å². The summed E-state index contributed by atoms with van der Waals surface area (Å²) in [6.45, 7) is 11.0. The summed E-state index contributed by atoms with van der Waals surface area (Å²) in [6, 6.07) is 7.67. The molecule has 1 aromatic rings. The van der Waals surface area contributed by atoms with Gasteiger partial charge in [-0.1, -0.05) is 57.5 Å². The van der Waals surface area contributed by atoms with Crippen LogP contribution in [-0.4, -0.2) is 29.3 Å². The minimum atomic E-state index is -0.415. The quantitative estimate of drug-likeness (QED) is 0.799. The van der Waals surface area contributed by atoms with Gasteiger partial charge in [0.15, 0.2) is 0 Å². The summed E-state index contributed by atoms with van der Waals surface area (Å²) in [4.78, 5) is 26.6. The van der Waals surface area contributed by atoms with Crippen LogP contribution in [0.1, 0.15) is 51.7 Å². The molecule has 0 saturated heterocycles. The monoisotopic (exact) mass is 318 g/mol. The van der Waals surface area contributed by atoms with Gasteiger partial charge in [0.25, 0.3) is 0 Å². The van der Waals surface area contributed by atoms with Crippen molar-refractivity contribution in [2.75, 3.05) is 6.54 Å². The average molecular weight is 318 g/mol. The fourth-order valence-corrected chi connectivity index (χ4v) is 2.55. The first-order chi connectivity index (χ1) is 10.9. The van der Waals surface area contributed by atoms with Gasteiger partial charge in [0, 0.05) is 19.5 Å². The lowest BCUT2D eigenvalue weighted by atomic mass is 10.1. The third kappa shape index (κ3) is 6.05. The van der Waals surface area contributed by atoms with E-state index < -0.39 is 6.04 Å². The Morgan fingerprint density at radius 2 is 1.91 bits per heavy atom. The number of hydrogen-bond acceptors (Lipinski definition) is 2. The second kappa shape index (κ2) is 9.33. The summed E-state index contributed by atoms with van der Waals surface area (Å²) >= 11 is 0. The van der Waals surface area contributed by atoms with Crippen molar-refractivity contribution >= 4 is 11.8 Å². The standard InChI is InChI=1S/C19H30N2O2/c1-6-17(19(23)20-12-14(3)4)21(18(22)7-2)13-16-10-8-9-15(5)11-16/h8-11,14,17H,6-7,12-13H2,1-5H3,(H,20,23). The van der Waals surface area contributed by atoms with E-state index in [9.17, 15) is 9.59 Å². The average Bonchev–Trinajstić information content (AvgIpc) is 2.52. The lowest BCUT2D eigenvalue weighted by molar-refractivity contribution is -0.141. The van der Waals surface area contributed by atoms with E-state index in [0.29, 0.717) is 31.8 Å². The van der Waals surface area contributed by atoms with Gasteiger partial charge >= 0.3 is 0 Å². The molecule has 0 aliphatic carbocycles. The van der Waals surface area contributed by atoms with Crippen molar-refractivity contribution in [2.24, 2.45) is 5.92 Å². The van der Waals surface area contributed by atoms with Crippen LogP contribution in [0.5, 0.6) is 0 Å². The maximum Gasteiger partial charge on any atom is 0.242 e. The summed E-state index contributed by atoms with van der Waals surface area (Å²) in [5, 5.41) is 2.96. The number of carbonyl (C=O) groups excluding carboxylic acids is 2. The lowest BCUT2D eigenvalue weighted by Crippen LogP contribution is -2.49. The van der Waals surface area contributed by atoms with Crippen LogP contribution in [-0.2, 0) is 16.1 Å². The van der Waals surface area contributed by atoms with E-state index in [0.717, 1.165) is 11.1 Å². The Morgan fingerprint density at radius 3 is 2.43 bits per heavy atom. The normalized spacial score (nSPS) is 12.1. The molecule has 1 aromatic carbocycles. The molecule has 1 rings (SSSR count). The van der Waals surface area contributed by atoms with Crippen molar-refractivity contribution < 1.29 is 9.59 Å². The number of benzene rings is 1. The SMILES string of the molecule is CCC(=O)N(Cc1cccc(C)c1)C(CC)C(=O)NCC(C)C. The largest absolute Gasteiger partial charge is 0.354 e. The first-order valence-corrected chi connectivity index (χ1v) is 8.51. The highest BCUT2D eigenvalue weighted by atomic mass is 16.2. The molecule has 0 spiro atoms. The van der Waals surface area contributed by atoms with Crippen LogP contribution in [0.3, 0.4) is 0 Å². The molecule has 0 heterocycles. The molecule has 2 amide bonds. The molecule has 1 atom stereocenters. The maximum atomic E-state index is 12.5. The fraction of sp³-hybridized carbons (Fsp3) is 0.579. The maximum absolute atomic E-state index is 12.5. The van der Waals surface area contributed by atoms with Crippen molar-refractivity contribution in [2.45, 2.75) is 60.0 Å². The van der Waals surface area contributed by atoms with Gasteiger partial charge in [0.05, 0.1) is 0 Å². The Bertz CT molecular complexity index is 526. The van der Waals surface area contributed by atoms with Gasteiger partial charge in [0.1, 0.15) is 6.04 Å². The molecule has 4 nitrogen and oxygen atoms in total. The van der Waals surface area contributed by atoms with Crippen molar-refractivity contribution in [1.29, 1.82) is 0 Å². The minimum Gasteiger partial charge on any atom is -0.354 e. The topological polar surface area (TPSA) is 49.4 Å². The molecule has 128 valence electrons. The molecule has 0 aromatic heterocycles. The predicted octanol–water partition coefficient (Wildman–Crippen LogP) is 3.28. The Morgan fingerprint density at radius 1 is 1.22 bits per heavy atom. The minimum absolute atomic E-state index is 0.0121.